The monoisotopic (exact) mass is 378 g/mol. The van der Waals surface area contributed by atoms with Gasteiger partial charge in [0.1, 0.15) is 6.10 Å². The number of fused-ring (bicyclic) bond motifs is 2. The molecule has 0 aromatic carbocycles. The molecule has 0 radical (unpaired) electrons. The summed E-state index contributed by atoms with van der Waals surface area (Å²) in [6.07, 6.45) is 1.89. The molecule has 1 aliphatic heterocycles. The molecule has 0 amide bonds. The summed E-state index contributed by atoms with van der Waals surface area (Å²) in [4.78, 5) is 11.9. The zero-order valence-electron chi connectivity index (χ0n) is 17.2. The summed E-state index contributed by atoms with van der Waals surface area (Å²) >= 11 is 0. The predicted molar refractivity (Wildman–Crippen MR) is 101 cm³/mol. The third-order valence-electron chi connectivity index (χ3n) is 8.21. The van der Waals surface area contributed by atoms with Gasteiger partial charge in [-0.1, -0.05) is 27.7 Å². The molecule has 0 bridgehead atoms. The highest BCUT2D eigenvalue weighted by atomic mass is 16.6. The Morgan fingerprint density at radius 2 is 1.93 bits per heavy atom. The van der Waals surface area contributed by atoms with Crippen LogP contribution in [0.5, 0.6) is 0 Å². The van der Waals surface area contributed by atoms with Gasteiger partial charge in [0, 0.05) is 12.8 Å². The van der Waals surface area contributed by atoms with Crippen LogP contribution in [0.25, 0.3) is 0 Å². The van der Waals surface area contributed by atoms with Gasteiger partial charge in [-0.25, -0.2) is 0 Å². The van der Waals surface area contributed by atoms with Crippen LogP contribution in [-0.2, 0) is 14.3 Å². The summed E-state index contributed by atoms with van der Waals surface area (Å²) in [6, 6.07) is 0. The number of rotatable bonds is 2. The second kappa shape index (κ2) is 6.30. The molecule has 4 rings (SSSR count). The Bertz CT molecular complexity index is 670. The van der Waals surface area contributed by atoms with Gasteiger partial charge in [0.05, 0.1) is 24.9 Å². The van der Waals surface area contributed by atoms with Crippen molar-refractivity contribution in [3.8, 4) is 0 Å². The predicted octanol–water partition coefficient (Wildman–Crippen LogP) is 2.84. The lowest BCUT2D eigenvalue weighted by Gasteiger charge is -2.40. The smallest absolute Gasteiger partial charge is 0.303 e. The maximum atomic E-state index is 11.9. The van der Waals surface area contributed by atoms with Crippen molar-refractivity contribution in [1.82, 2.24) is 0 Å². The van der Waals surface area contributed by atoms with Crippen molar-refractivity contribution >= 4 is 5.97 Å². The van der Waals surface area contributed by atoms with E-state index in [4.69, 9.17) is 9.47 Å². The quantitative estimate of drug-likeness (QED) is 0.571. The zero-order valence-corrected chi connectivity index (χ0v) is 17.2. The summed E-state index contributed by atoms with van der Waals surface area (Å²) in [7, 11) is 0. The van der Waals surface area contributed by atoms with Crippen molar-refractivity contribution in [2.45, 2.75) is 84.7 Å². The molecule has 152 valence electrons. The first kappa shape index (κ1) is 19.4. The van der Waals surface area contributed by atoms with E-state index in [1.807, 2.05) is 0 Å². The van der Waals surface area contributed by atoms with E-state index in [1.54, 1.807) is 0 Å². The Morgan fingerprint density at radius 1 is 1.22 bits per heavy atom. The Kier molecular flexibility index (Phi) is 4.53. The number of aliphatic hydroxyl groups is 2. The van der Waals surface area contributed by atoms with Crippen LogP contribution in [0.2, 0.25) is 0 Å². The average Bonchev–Trinajstić information content (AvgIpc) is 3.06. The van der Waals surface area contributed by atoms with Gasteiger partial charge in [-0.05, 0) is 59.5 Å². The standard InChI is InChI=1S/C22H34O5/c1-11(2)15-18(25)20(27-12(3)23)17-19-16-13(10-26-19)14(24)6-7-21(16,4)8-9-22(15,17)5/h11,14-15,17-20,24-25H,6-10H2,1-5H3/t14-,15-,17-,18+,19-,20-,21-,22+/m0/s1. The molecule has 2 saturated carbocycles. The first-order chi connectivity index (χ1) is 12.6. The molecule has 0 aromatic rings. The minimum Gasteiger partial charge on any atom is -0.459 e. The molecule has 0 saturated heterocycles. The first-order valence-electron chi connectivity index (χ1n) is 10.5. The maximum Gasteiger partial charge on any atom is 0.303 e. The number of hydrogen-bond acceptors (Lipinski definition) is 5. The molecule has 5 heteroatoms. The van der Waals surface area contributed by atoms with Crippen LogP contribution in [-0.4, -0.2) is 47.2 Å². The lowest BCUT2D eigenvalue weighted by Crippen LogP contribution is -2.43. The Morgan fingerprint density at radius 3 is 2.56 bits per heavy atom. The molecule has 3 aliphatic carbocycles. The van der Waals surface area contributed by atoms with E-state index in [0.29, 0.717) is 6.61 Å². The van der Waals surface area contributed by atoms with Gasteiger partial charge in [0.25, 0.3) is 0 Å². The highest BCUT2D eigenvalue weighted by Gasteiger charge is 2.66. The van der Waals surface area contributed by atoms with Crippen molar-refractivity contribution in [2.75, 3.05) is 6.61 Å². The number of esters is 1. The minimum absolute atomic E-state index is 0.0241. The largest absolute Gasteiger partial charge is 0.459 e. The van der Waals surface area contributed by atoms with E-state index in [0.717, 1.165) is 31.3 Å². The third-order valence-corrected chi connectivity index (χ3v) is 8.21. The fourth-order valence-corrected chi connectivity index (χ4v) is 7.13. The molecular weight excluding hydrogens is 344 g/mol. The number of aliphatic hydroxyl groups excluding tert-OH is 2. The lowest BCUT2D eigenvalue weighted by molar-refractivity contribution is -0.157. The van der Waals surface area contributed by atoms with Crippen LogP contribution in [0.1, 0.15) is 60.3 Å². The Balaban J connectivity index is 1.86. The highest BCUT2D eigenvalue weighted by molar-refractivity contribution is 5.66. The second-order valence-electron chi connectivity index (χ2n) is 10.2. The van der Waals surface area contributed by atoms with E-state index in [9.17, 15) is 15.0 Å². The van der Waals surface area contributed by atoms with Gasteiger partial charge < -0.3 is 19.7 Å². The van der Waals surface area contributed by atoms with E-state index >= 15 is 0 Å². The molecule has 2 fully saturated rings. The maximum absolute atomic E-state index is 11.9. The molecule has 5 nitrogen and oxygen atoms in total. The molecule has 2 N–H and O–H groups in total. The lowest BCUT2D eigenvalue weighted by atomic mass is 9.66. The number of ether oxygens (including phenoxy) is 2. The number of hydrogen-bond donors (Lipinski definition) is 2. The van der Waals surface area contributed by atoms with E-state index in [2.05, 4.69) is 27.7 Å². The number of carbonyl (C=O) groups excluding carboxylic acids is 1. The van der Waals surface area contributed by atoms with Crippen LogP contribution in [0.4, 0.5) is 0 Å². The van der Waals surface area contributed by atoms with Crippen LogP contribution >= 0.6 is 0 Å². The van der Waals surface area contributed by atoms with Crippen molar-refractivity contribution in [1.29, 1.82) is 0 Å². The van der Waals surface area contributed by atoms with Gasteiger partial charge in [0.2, 0.25) is 0 Å². The van der Waals surface area contributed by atoms with E-state index < -0.39 is 18.3 Å². The van der Waals surface area contributed by atoms with Crippen LogP contribution in [0.3, 0.4) is 0 Å². The number of carbonyl (C=O) groups is 1. The zero-order chi connectivity index (χ0) is 19.7. The summed E-state index contributed by atoms with van der Waals surface area (Å²) in [6.45, 7) is 10.7. The normalized spacial score (nSPS) is 49.0. The van der Waals surface area contributed by atoms with Crippen molar-refractivity contribution in [3.05, 3.63) is 11.1 Å². The molecule has 8 atom stereocenters. The van der Waals surface area contributed by atoms with Crippen LogP contribution in [0.15, 0.2) is 11.1 Å². The minimum atomic E-state index is -0.685. The van der Waals surface area contributed by atoms with Gasteiger partial charge >= 0.3 is 5.97 Å². The average molecular weight is 379 g/mol. The Labute approximate surface area is 162 Å². The molecule has 1 heterocycles. The first-order valence-corrected chi connectivity index (χ1v) is 10.5. The molecule has 0 unspecified atom stereocenters. The van der Waals surface area contributed by atoms with E-state index in [1.165, 1.54) is 12.5 Å². The van der Waals surface area contributed by atoms with Crippen molar-refractivity contribution in [2.24, 2.45) is 28.6 Å². The summed E-state index contributed by atoms with van der Waals surface area (Å²) < 4.78 is 12.0. The topological polar surface area (TPSA) is 76.0 Å². The van der Waals surface area contributed by atoms with Gasteiger partial charge in [-0.3, -0.25) is 4.79 Å². The van der Waals surface area contributed by atoms with Gasteiger partial charge in [-0.2, -0.15) is 0 Å². The van der Waals surface area contributed by atoms with Crippen molar-refractivity contribution in [3.63, 3.8) is 0 Å². The third kappa shape index (κ3) is 2.65. The summed E-state index contributed by atoms with van der Waals surface area (Å²) in [5.41, 5.74) is 2.13. The van der Waals surface area contributed by atoms with Gasteiger partial charge in [-0.15, -0.1) is 0 Å². The second-order valence-corrected chi connectivity index (χ2v) is 10.2. The molecule has 0 spiro atoms. The van der Waals surface area contributed by atoms with Gasteiger partial charge in [0.15, 0.2) is 0 Å². The molecule has 0 aromatic heterocycles. The van der Waals surface area contributed by atoms with Crippen molar-refractivity contribution < 1.29 is 24.5 Å². The van der Waals surface area contributed by atoms with Crippen LogP contribution in [0, 0.1) is 28.6 Å². The fraction of sp³-hybridized carbons (Fsp3) is 0.864. The summed E-state index contributed by atoms with van der Waals surface area (Å²) in [5, 5.41) is 21.8. The van der Waals surface area contributed by atoms with Crippen LogP contribution < -0.4 is 0 Å². The molecule has 4 aliphatic rings. The Hall–Kier alpha value is -0.910. The molecular formula is C22H34O5. The SMILES string of the molecule is CC(=O)O[C@@H]1[C@H](O)[C@H](C(C)C)[C@@]2(C)CC[C@]3(C)CC[C@H](O)C4=C3[C@H](OC4)[C@@H]12. The fourth-order valence-electron chi connectivity index (χ4n) is 7.13. The summed E-state index contributed by atoms with van der Waals surface area (Å²) in [5.74, 6) is -0.104. The van der Waals surface area contributed by atoms with E-state index in [-0.39, 0.29) is 40.7 Å². The highest BCUT2D eigenvalue weighted by Crippen LogP contribution is 2.64. The molecule has 27 heavy (non-hydrogen) atoms.